The molecule has 1 fully saturated rings. The van der Waals surface area contributed by atoms with E-state index in [-0.39, 0.29) is 29.2 Å². The first kappa shape index (κ1) is 26.1. The topological polar surface area (TPSA) is 120 Å². The third kappa shape index (κ3) is 7.51. The number of thioether (sulfide) groups is 1. The summed E-state index contributed by atoms with van der Waals surface area (Å²) in [5, 5.41) is 11.1. The van der Waals surface area contributed by atoms with E-state index in [2.05, 4.69) is 20.5 Å². The molecule has 1 saturated carbocycles. The zero-order valence-electron chi connectivity index (χ0n) is 20.5. The summed E-state index contributed by atoms with van der Waals surface area (Å²) in [5.41, 5.74) is -0.269. The van der Waals surface area contributed by atoms with Crippen LogP contribution in [-0.4, -0.2) is 42.7 Å². The molecule has 0 saturated heterocycles. The van der Waals surface area contributed by atoms with Crippen LogP contribution in [0.1, 0.15) is 82.7 Å². The van der Waals surface area contributed by atoms with Crippen LogP contribution in [0.5, 0.6) is 0 Å². The molecule has 2 heterocycles. The molecule has 2 aromatic rings. The van der Waals surface area contributed by atoms with Crippen molar-refractivity contribution in [3.8, 4) is 0 Å². The number of Topliss-reactive ketones (excluding diaryl/α,β-unsaturated/α-hetero) is 1. The van der Waals surface area contributed by atoms with Gasteiger partial charge in [-0.15, -0.1) is 10.2 Å². The summed E-state index contributed by atoms with van der Waals surface area (Å²) in [6, 6.07) is 0.542. The number of nitrogens with one attached hydrogen (secondary N) is 1. The van der Waals surface area contributed by atoms with E-state index in [1.54, 1.807) is 0 Å². The van der Waals surface area contributed by atoms with Gasteiger partial charge in [-0.05, 0) is 18.3 Å². The van der Waals surface area contributed by atoms with Gasteiger partial charge in [0.05, 0.1) is 6.04 Å². The normalized spacial score (nSPS) is 15.6. The quantitative estimate of drug-likeness (QED) is 0.375. The van der Waals surface area contributed by atoms with Crippen LogP contribution < -0.4 is 10.9 Å². The highest BCUT2D eigenvalue weighted by atomic mass is 32.2. The smallest absolute Gasteiger partial charge is 0.286 e. The van der Waals surface area contributed by atoms with E-state index in [9.17, 15) is 14.4 Å². The van der Waals surface area contributed by atoms with Crippen LogP contribution in [-0.2, 0) is 17.8 Å². The Labute approximate surface area is 204 Å². The van der Waals surface area contributed by atoms with E-state index in [4.69, 9.17) is 4.42 Å². The number of hydrogen-bond acceptors (Lipinski definition) is 8. The van der Waals surface area contributed by atoms with Gasteiger partial charge in [-0.25, -0.2) is 4.98 Å². The number of aromatic nitrogens is 4. The molecule has 0 spiro atoms. The minimum absolute atomic E-state index is 0.120. The number of amides is 1. The fourth-order valence-corrected chi connectivity index (χ4v) is 4.87. The van der Waals surface area contributed by atoms with Gasteiger partial charge < -0.3 is 9.73 Å². The fourth-order valence-electron chi connectivity index (χ4n) is 4.25. The van der Waals surface area contributed by atoms with Crippen LogP contribution in [0.2, 0.25) is 0 Å². The molecule has 1 aliphatic carbocycles. The number of ketones is 1. The summed E-state index contributed by atoms with van der Waals surface area (Å²) < 4.78 is 6.94. The second-order valence-corrected chi connectivity index (χ2v) is 11.2. The molecule has 2 aromatic heterocycles. The molecule has 186 valence electrons. The Morgan fingerprint density at radius 2 is 1.91 bits per heavy atom. The molecule has 0 radical (unpaired) electrons. The lowest BCUT2D eigenvalue weighted by Gasteiger charge is -2.23. The highest BCUT2D eigenvalue weighted by molar-refractivity contribution is 7.99. The average molecular weight is 490 g/mol. The number of hydrogen-bond donors (Lipinski definition) is 1. The lowest BCUT2D eigenvalue weighted by molar-refractivity contribution is -0.122. The van der Waals surface area contributed by atoms with Gasteiger partial charge in [0.1, 0.15) is 12.4 Å². The second kappa shape index (κ2) is 12.3. The van der Waals surface area contributed by atoms with Gasteiger partial charge in [0.15, 0.2) is 0 Å². The van der Waals surface area contributed by atoms with Crippen LogP contribution >= 0.6 is 11.8 Å². The second-order valence-electron chi connectivity index (χ2n) is 9.65. The number of carbonyl (C=O) groups excluding carboxylic acids is 2. The molecule has 34 heavy (non-hydrogen) atoms. The van der Waals surface area contributed by atoms with Gasteiger partial charge in [0.2, 0.25) is 11.7 Å². The molecule has 0 aliphatic heterocycles. The summed E-state index contributed by atoms with van der Waals surface area (Å²) in [6.45, 7) is 7.72. The van der Waals surface area contributed by atoms with Crippen LogP contribution in [0, 0.1) is 11.8 Å². The standard InChI is InChI=1S/C24H35N5O4S/c1-15(2)12-18(22(32)23-27-28-24(33-23)34-16(3)4)26-20(30)14-29-19(25-11-10-21(29)31)13-17-8-6-5-7-9-17/h10-11,15-18H,5-9,12-14H2,1-4H3,(H,26,30)/t18-/m0/s1. The summed E-state index contributed by atoms with van der Waals surface area (Å²) >= 11 is 1.37. The van der Waals surface area contributed by atoms with Gasteiger partial charge >= 0.3 is 0 Å². The van der Waals surface area contributed by atoms with E-state index in [1.165, 1.54) is 47.9 Å². The minimum Gasteiger partial charge on any atom is -0.408 e. The molecular formula is C24H35N5O4S. The molecule has 0 bridgehead atoms. The molecular weight excluding hydrogens is 454 g/mol. The van der Waals surface area contributed by atoms with Crippen molar-refractivity contribution in [2.24, 2.45) is 11.8 Å². The Balaban J connectivity index is 1.72. The molecule has 3 rings (SSSR count). The molecule has 0 aromatic carbocycles. The number of rotatable bonds is 11. The Morgan fingerprint density at radius 3 is 2.59 bits per heavy atom. The molecule has 1 amide bonds. The van der Waals surface area contributed by atoms with Crippen molar-refractivity contribution in [2.75, 3.05) is 0 Å². The third-order valence-corrected chi connectivity index (χ3v) is 6.67. The number of nitrogens with zero attached hydrogens (tertiary/aromatic N) is 4. The minimum atomic E-state index is -0.820. The summed E-state index contributed by atoms with van der Waals surface area (Å²) in [7, 11) is 0. The summed E-state index contributed by atoms with van der Waals surface area (Å²) in [6.07, 6.45) is 8.45. The van der Waals surface area contributed by atoms with Crippen molar-refractivity contribution in [3.63, 3.8) is 0 Å². The van der Waals surface area contributed by atoms with E-state index in [0.717, 1.165) is 12.8 Å². The molecule has 1 aliphatic rings. The van der Waals surface area contributed by atoms with Crippen molar-refractivity contribution < 1.29 is 14.0 Å². The van der Waals surface area contributed by atoms with Gasteiger partial charge in [0, 0.05) is 23.9 Å². The lowest BCUT2D eigenvalue weighted by atomic mass is 9.87. The van der Waals surface area contributed by atoms with Crippen LogP contribution in [0.15, 0.2) is 26.7 Å². The fraction of sp³-hybridized carbons (Fsp3) is 0.667. The van der Waals surface area contributed by atoms with Gasteiger partial charge in [-0.2, -0.15) is 0 Å². The molecule has 9 nitrogen and oxygen atoms in total. The van der Waals surface area contributed by atoms with Gasteiger partial charge in [0.25, 0.3) is 16.7 Å². The van der Waals surface area contributed by atoms with Crippen molar-refractivity contribution in [2.45, 2.75) is 95.7 Å². The van der Waals surface area contributed by atoms with Crippen LogP contribution in [0.4, 0.5) is 0 Å². The Bertz CT molecular complexity index is 1030. The van der Waals surface area contributed by atoms with Crippen molar-refractivity contribution in [1.82, 2.24) is 25.1 Å². The highest BCUT2D eigenvalue weighted by Crippen LogP contribution is 2.26. The lowest BCUT2D eigenvalue weighted by Crippen LogP contribution is -2.44. The van der Waals surface area contributed by atoms with Crippen molar-refractivity contribution >= 4 is 23.5 Å². The maximum Gasteiger partial charge on any atom is 0.286 e. The predicted octanol–water partition coefficient (Wildman–Crippen LogP) is 3.66. The van der Waals surface area contributed by atoms with Crippen LogP contribution in [0.3, 0.4) is 0 Å². The molecule has 10 heteroatoms. The average Bonchev–Trinajstić information content (AvgIpc) is 3.23. The van der Waals surface area contributed by atoms with Crippen molar-refractivity contribution in [1.29, 1.82) is 0 Å². The maximum atomic E-state index is 13.1. The number of carbonyl (C=O) groups is 2. The van der Waals surface area contributed by atoms with Gasteiger partial charge in [-0.3, -0.25) is 19.0 Å². The Morgan fingerprint density at radius 1 is 1.18 bits per heavy atom. The van der Waals surface area contributed by atoms with Gasteiger partial charge in [-0.1, -0.05) is 71.6 Å². The van der Waals surface area contributed by atoms with Crippen molar-refractivity contribution in [3.05, 3.63) is 34.3 Å². The molecule has 0 unspecified atom stereocenters. The van der Waals surface area contributed by atoms with E-state index >= 15 is 0 Å². The largest absolute Gasteiger partial charge is 0.408 e. The zero-order valence-corrected chi connectivity index (χ0v) is 21.3. The molecule has 1 N–H and O–H groups in total. The maximum absolute atomic E-state index is 13.1. The third-order valence-electron chi connectivity index (χ3n) is 5.83. The van der Waals surface area contributed by atoms with E-state index < -0.39 is 17.7 Å². The first-order valence-corrected chi connectivity index (χ1v) is 13.0. The highest BCUT2D eigenvalue weighted by Gasteiger charge is 2.28. The summed E-state index contributed by atoms with van der Waals surface area (Å²) in [4.78, 5) is 43.0. The Kier molecular flexibility index (Phi) is 9.44. The van der Waals surface area contributed by atoms with E-state index in [1.807, 2.05) is 27.7 Å². The first-order valence-electron chi connectivity index (χ1n) is 12.1. The first-order chi connectivity index (χ1) is 16.2. The van der Waals surface area contributed by atoms with E-state index in [0.29, 0.717) is 29.8 Å². The zero-order chi connectivity index (χ0) is 24.7. The predicted molar refractivity (Wildman–Crippen MR) is 130 cm³/mol. The van der Waals surface area contributed by atoms with Crippen LogP contribution in [0.25, 0.3) is 0 Å². The molecule has 1 atom stereocenters. The monoisotopic (exact) mass is 489 g/mol. The SMILES string of the molecule is CC(C)C[C@H](NC(=O)Cn1c(CC2CCCCC2)nccc1=O)C(=O)c1nnc(SC(C)C)o1. The Hall–Kier alpha value is -2.49. The summed E-state index contributed by atoms with van der Waals surface area (Å²) in [5.74, 6) is 0.272.